The lowest BCUT2D eigenvalue weighted by Gasteiger charge is -2.21. The van der Waals surface area contributed by atoms with Gasteiger partial charge in [-0.2, -0.15) is 25.3 Å². The van der Waals surface area contributed by atoms with Crippen molar-refractivity contribution in [2.24, 2.45) is 5.73 Å². The molecule has 0 spiro atoms. The number of amides is 3. The Morgan fingerprint density at radius 2 is 1.85 bits per heavy atom. The van der Waals surface area contributed by atoms with E-state index in [4.69, 9.17) is 5.73 Å². The van der Waals surface area contributed by atoms with Gasteiger partial charge in [0, 0.05) is 11.5 Å². The highest BCUT2D eigenvalue weighted by atomic mass is 32.1. The number of carbonyl (C=O) groups excluding carboxylic acids is 3. The van der Waals surface area contributed by atoms with Gasteiger partial charge in [-0.15, -0.1) is 0 Å². The van der Waals surface area contributed by atoms with Crippen LogP contribution < -0.4 is 21.7 Å². The van der Waals surface area contributed by atoms with Crippen molar-refractivity contribution < 1.29 is 14.4 Å². The second kappa shape index (κ2) is 8.38. The Hall–Kier alpha value is -0.930. The Kier molecular flexibility index (Phi) is 7.17. The fourth-order valence-corrected chi connectivity index (χ4v) is 2.38. The van der Waals surface area contributed by atoms with Gasteiger partial charge in [0.1, 0.15) is 12.1 Å². The van der Waals surface area contributed by atoms with Crippen molar-refractivity contribution in [2.75, 3.05) is 18.1 Å². The smallest absolute Gasteiger partial charge is 0.244 e. The van der Waals surface area contributed by atoms with Crippen LogP contribution in [0.5, 0.6) is 0 Å². The van der Waals surface area contributed by atoms with Crippen molar-refractivity contribution in [1.82, 2.24) is 16.0 Å². The molecular formula is C11H20N4O3S2. The summed E-state index contributed by atoms with van der Waals surface area (Å²) in [5.74, 6) is -1.18. The standard InChI is InChI=1S/C11H20N4O3S2/c12-9(16)7(4-19)14-11(18)8(5-20)15-10(17)6-2-1-3-13-6/h6-8,13,19-20H,1-5H2,(H2,12,16)(H,14,18)(H,15,17)/t6-,7-,8-/m0/s1. The molecule has 3 amide bonds. The molecule has 0 aromatic heterocycles. The molecule has 9 heteroatoms. The van der Waals surface area contributed by atoms with Gasteiger partial charge in [0.15, 0.2) is 0 Å². The van der Waals surface area contributed by atoms with E-state index >= 15 is 0 Å². The average Bonchev–Trinajstić information content (AvgIpc) is 2.95. The number of nitrogens with two attached hydrogens (primary N) is 1. The molecule has 0 unspecified atom stereocenters. The first-order valence-corrected chi connectivity index (χ1v) is 7.61. The zero-order valence-electron chi connectivity index (χ0n) is 11.0. The first-order valence-electron chi connectivity index (χ1n) is 6.34. The Labute approximate surface area is 128 Å². The van der Waals surface area contributed by atoms with Crippen molar-refractivity contribution in [2.45, 2.75) is 31.0 Å². The highest BCUT2D eigenvalue weighted by Crippen LogP contribution is 2.05. The molecule has 1 fully saturated rings. The molecule has 1 heterocycles. The van der Waals surface area contributed by atoms with Crippen molar-refractivity contribution >= 4 is 43.0 Å². The van der Waals surface area contributed by atoms with Crippen LogP contribution in [-0.2, 0) is 14.4 Å². The summed E-state index contributed by atoms with van der Waals surface area (Å²) in [7, 11) is 0. The molecule has 3 atom stereocenters. The second-order valence-corrected chi connectivity index (χ2v) is 5.27. The second-order valence-electron chi connectivity index (χ2n) is 4.54. The number of thiol groups is 2. The number of primary amides is 1. The predicted octanol–water partition coefficient (Wildman–Crippen LogP) is -1.95. The topological polar surface area (TPSA) is 113 Å². The molecule has 0 aromatic rings. The van der Waals surface area contributed by atoms with Gasteiger partial charge in [-0.25, -0.2) is 0 Å². The highest BCUT2D eigenvalue weighted by molar-refractivity contribution is 7.80. The van der Waals surface area contributed by atoms with Crippen LogP contribution >= 0.6 is 25.3 Å². The minimum atomic E-state index is -0.866. The molecule has 0 aromatic carbocycles. The Balaban J connectivity index is 2.53. The minimum absolute atomic E-state index is 0.0957. The molecule has 1 aliphatic heterocycles. The van der Waals surface area contributed by atoms with E-state index < -0.39 is 23.9 Å². The summed E-state index contributed by atoms with van der Waals surface area (Å²) in [6, 6.07) is -1.95. The summed E-state index contributed by atoms with van der Waals surface area (Å²) < 4.78 is 0. The number of carbonyl (C=O) groups is 3. The van der Waals surface area contributed by atoms with E-state index in [2.05, 4.69) is 41.2 Å². The van der Waals surface area contributed by atoms with Crippen LogP contribution in [0, 0.1) is 0 Å². The summed E-state index contributed by atoms with van der Waals surface area (Å²) in [5, 5.41) is 8.09. The van der Waals surface area contributed by atoms with Gasteiger partial charge in [-0.3, -0.25) is 14.4 Å². The predicted molar refractivity (Wildman–Crippen MR) is 81.8 cm³/mol. The van der Waals surface area contributed by atoms with Crippen LogP contribution in [0.2, 0.25) is 0 Å². The number of rotatable bonds is 7. The monoisotopic (exact) mass is 320 g/mol. The van der Waals surface area contributed by atoms with Gasteiger partial charge in [0.2, 0.25) is 17.7 Å². The lowest BCUT2D eigenvalue weighted by atomic mass is 10.2. The third-order valence-electron chi connectivity index (χ3n) is 3.03. The van der Waals surface area contributed by atoms with Crippen molar-refractivity contribution in [1.29, 1.82) is 0 Å². The number of nitrogens with one attached hydrogen (secondary N) is 3. The van der Waals surface area contributed by atoms with E-state index in [1.54, 1.807) is 0 Å². The highest BCUT2D eigenvalue weighted by Gasteiger charge is 2.28. The molecule has 1 aliphatic rings. The molecule has 0 saturated carbocycles. The van der Waals surface area contributed by atoms with Gasteiger partial charge in [-0.1, -0.05) is 0 Å². The van der Waals surface area contributed by atoms with Crippen LogP contribution in [0.1, 0.15) is 12.8 Å². The first-order chi connectivity index (χ1) is 9.49. The zero-order valence-corrected chi connectivity index (χ0v) is 12.8. The summed E-state index contributed by atoms with van der Waals surface area (Å²) in [5.41, 5.74) is 5.12. The zero-order chi connectivity index (χ0) is 15.1. The molecule has 0 aliphatic carbocycles. The molecule has 1 rings (SSSR count). The van der Waals surface area contributed by atoms with Crippen LogP contribution in [0.4, 0.5) is 0 Å². The number of hydrogen-bond acceptors (Lipinski definition) is 6. The van der Waals surface area contributed by atoms with Gasteiger partial charge < -0.3 is 21.7 Å². The molecule has 0 radical (unpaired) electrons. The van der Waals surface area contributed by atoms with Gasteiger partial charge in [-0.05, 0) is 19.4 Å². The Bertz CT molecular complexity index is 375. The largest absolute Gasteiger partial charge is 0.368 e. The summed E-state index contributed by atoms with van der Waals surface area (Å²) in [6.07, 6.45) is 1.67. The van der Waals surface area contributed by atoms with E-state index in [1.165, 1.54) is 0 Å². The van der Waals surface area contributed by atoms with E-state index in [9.17, 15) is 14.4 Å². The SMILES string of the molecule is NC(=O)[C@H](CS)NC(=O)[C@H](CS)NC(=O)[C@@H]1CCCN1. The fourth-order valence-electron chi connectivity index (χ4n) is 1.85. The maximum atomic E-state index is 12.0. The molecule has 5 N–H and O–H groups in total. The lowest BCUT2D eigenvalue weighted by Crippen LogP contribution is -2.56. The van der Waals surface area contributed by atoms with Crippen LogP contribution in [0.15, 0.2) is 0 Å². The maximum Gasteiger partial charge on any atom is 0.244 e. The molecule has 0 bridgehead atoms. The Morgan fingerprint density at radius 1 is 1.20 bits per heavy atom. The van der Waals surface area contributed by atoms with Crippen LogP contribution in [0.25, 0.3) is 0 Å². The molecular weight excluding hydrogens is 300 g/mol. The van der Waals surface area contributed by atoms with Gasteiger partial charge in [0.25, 0.3) is 0 Å². The van der Waals surface area contributed by atoms with E-state index in [0.29, 0.717) is 0 Å². The van der Waals surface area contributed by atoms with Gasteiger partial charge in [0.05, 0.1) is 6.04 Å². The molecule has 1 saturated heterocycles. The summed E-state index contributed by atoms with van der Waals surface area (Å²) in [4.78, 5) is 34.9. The Morgan fingerprint density at radius 3 is 2.30 bits per heavy atom. The minimum Gasteiger partial charge on any atom is -0.368 e. The quantitative estimate of drug-likeness (QED) is 0.306. The lowest BCUT2D eigenvalue weighted by molar-refractivity contribution is -0.131. The summed E-state index contributed by atoms with van der Waals surface area (Å²) >= 11 is 7.98. The van der Waals surface area contributed by atoms with E-state index in [-0.39, 0.29) is 23.5 Å². The van der Waals surface area contributed by atoms with Crippen LogP contribution in [0.3, 0.4) is 0 Å². The first kappa shape index (κ1) is 17.1. The average molecular weight is 320 g/mol. The van der Waals surface area contributed by atoms with Gasteiger partial charge >= 0.3 is 0 Å². The van der Waals surface area contributed by atoms with Crippen molar-refractivity contribution in [3.63, 3.8) is 0 Å². The van der Waals surface area contributed by atoms with E-state index in [0.717, 1.165) is 19.4 Å². The maximum absolute atomic E-state index is 12.0. The number of hydrogen-bond donors (Lipinski definition) is 6. The normalized spacial score (nSPS) is 21.0. The van der Waals surface area contributed by atoms with Crippen molar-refractivity contribution in [3.8, 4) is 0 Å². The van der Waals surface area contributed by atoms with Crippen LogP contribution in [-0.4, -0.2) is 53.9 Å². The fraction of sp³-hybridized carbons (Fsp3) is 0.727. The molecule has 114 valence electrons. The third-order valence-corrected chi connectivity index (χ3v) is 3.77. The van der Waals surface area contributed by atoms with E-state index in [1.807, 2.05) is 0 Å². The van der Waals surface area contributed by atoms with Crippen molar-refractivity contribution in [3.05, 3.63) is 0 Å². The molecule has 20 heavy (non-hydrogen) atoms. The molecule has 7 nitrogen and oxygen atoms in total. The summed E-state index contributed by atoms with van der Waals surface area (Å²) in [6.45, 7) is 0.791. The third kappa shape index (κ3) is 4.88.